The van der Waals surface area contributed by atoms with Crippen LogP contribution in [0.25, 0.3) is 0 Å². The summed E-state index contributed by atoms with van der Waals surface area (Å²) in [6, 6.07) is 8.52. The zero-order valence-electron chi connectivity index (χ0n) is 11.7. The Hall–Kier alpha value is -2.72. The van der Waals surface area contributed by atoms with Gasteiger partial charge in [-0.05, 0) is 17.7 Å². The molecule has 0 N–H and O–H groups in total. The minimum absolute atomic E-state index is 0.0928. The third kappa shape index (κ3) is 4.71. The molecule has 21 heavy (non-hydrogen) atoms. The molecule has 7 nitrogen and oxygen atoms in total. The fourth-order valence-corrected chi connectivity index (χ4v) is 1.52. The Bertz CT molecular complexity index is 574. The standard InChI is InChI=1S/C14H14N2O5/c1-20-14(19)12(17)7-13(18)16(21-2)9-11-5-3-10(8-15)4-6-11/h3-6H,7,9H2,1-2H3. The maximum absolute atomic E-state index is 11.9. The second-order valence-corrected chi connectivity index (χ2v) is 4.01. The molecule has 0 saturated carbocycles. The Labute approximate surface area is 121 Å². The lowest BCUT2D eigenvalue weighted by molar-refractivity contribution is -0.180. The summed E-state index contributed by atoms with van der Waals surface area (Å²) in [7, 11) is 2.35. The van der Waals surface area contributed by atoms with E-state index in [0.717, 1.165) is 17.7 Å². The fraction of sp³-hybridized carbons (Fsp3) is 0.286. The molecule has 1 rings (SSSR count). The summed E-state index contributed by atoms with van der Waals surface area (Å²) in [4.78, 5) is 39.1. The number of carbonyl (C=O) groups is 3. The zero-order valence-corrected chi connectivity index (χ0v) is 11.7. The maximum atomic E-state index is 11.9. The Kier molecular flexibility index (Phi) is 6.04. The number of hydroxylamine groups is 2. The second kappa shape index (κ2) is 7.77. The number of carbonyl (C=O) groups excluding carboxylic acids is 3. The van der Waals surface area contributed by atoms with Crippen LogP contribution in [0.15, 0.2) is 24.3 Å². The SMILES string of the molecule is COC(=O)C(=O)CC(=O)N(Cc1ccc(C#N)cc1)OC. The summed E-state index contributed by atoms with van der Waals surface area (Å²) in [5.74, 6) is -2.67. The average Bonchev–Trinajstić information content (AvgIpc) is 2.51. The Morgan fingerprint density at radius 2 is 1.81 bits per heavy atom. The molecular weight excluding hydrogens is 276 g/mol. The number of esters is 1. The average molecular weight is 290 g/mol. The molecule has 110 valence electrons. The Balaban J connectivity index is 2.69. The number of nitriles is 1. The summed E-state index contributed by atoms with van der Waals surface area (Å²) in [5, 5.41) is 9.66. The number of Topliss-reactive ketones (excluding diaryl/α,β-unsaturated/α-hetero) is 1. The van der Waals surface area contributed by atoms with Crippen molar-refractivity contribution in [3.8, 4) is 6.07 Å². The quantitative estimate of drug-likeness (QED) is 0.329. The number of hydrogen-bond acceptors (Lipinski definition) is 6. The summed E-state index contributed by atoms with van der Waals surface area (Å²) < 4.78 is 4.24. The van der Waals surface area contributed by atoms with Gasteiger partial charge in [0.15, 0.2) is 0 Å². The highest BCUT2D eigenvalue weighted by Crippen LogP contribution is 2.08. The third-order valence-electron chi connectivity index (χ3n) is 2.63. The largest absolute Gasteiger partial charge is 0.463 e. The topological polar surface area (TPSA) is 96.7 Å². The number of rotatable bonds is 6. The molecule has 1 amide bonds. The highest BCUT2D eigenvalue weighted by Gasteiger charge is 2.22. The molecule has 0 aliphatic rings. The minimum Gasteiger partial charge on any atom is -0.463 e. The molecule has 0 aliphatic heterocycles. The van der Waals surface area contributed by atoms with Crippen molar-refractivity contribution >= 4 is 17.7 Å². The van der Waals surface area contributed by atoms with Crippen LogP contribution in [0.2, 0.25) is 0 Å². The first-order valence-corrected chi connectivity index (χ1v) is 5.96. The van der Waals surface area contributed by atoms with Crippen LogP contribution < -0.4 is 0 Å². The number of methoxy groups -OCH3 is 1. The van der Waals surface area contributed by atoms with E-state index in [1.165, 1.54) is 7.11 Å². The number of amides is 1. The Morgan fingerprint density at radius 1 is 1.19 bits per heavy atom. The van der Waals surface area contributed by atoms with E-state index in [2.05, 4.69) is 4.74 Å². The predicted molar refractivity (Wildman–Crippen MR) is 70.4 cm³/mol. The van der Waals surface area contributed by atoms with Gasteiger partial charge in [-0.2, -0.15) is 5.26 Å². The van der Waals surface area contributed by atoms with E-state index < -0.39 is 24.1 Å². The van der Waals surface area contributed by atoms with E-state index in [0.29, 0.717) is 5.56 Å². The third-order valence-corrected chi connectivity index (χ3v) is 2.63. The van der Waals surface area contributed by atoms with Crippen LogP contribution in [0.1, 0.15) is 17.5 Å². The van der Waals surface area contributed by atoms with Gasteiger partial charge in [0.1, 0.15) is 0 Å². The van der Waals surface area contributed by atoms with Crippen LogP contribution in [0.5, 0.6) is 0 Å². The number of hydrogen-bond donors (Lipinski definition) is 0. The Morgan fingerprint density at radius 3 is 2.29 bits per heavy atom. The number of ketones is 1. The van der Waals surface area contributed by atoms with Gasteiger partial charge < -0.3 is 4.74 Å². The lowest BCUT2D eigenvalue weighted by atomic mass is 10.1. The molecule has 1 aromatic rings. The van der Waals surface area contributed by atoms with Crippen LogP contribution in [0, 0.1) is 11.3 Å². The van der Waals surface area contributed by atoms with Crippen molar-refractivity contribution in [2.75, 3.05) is 14.2 Å². The molecule has 1 aromatic carbocycles. The van der Waals surface area contributed by atoms with Gasteiger partial charge in [0.05, 0.1) is 38.8 Å². The lowest BCUT2D eigenvalue weighted by Gasteiger charge is -2.19. The van der Waals surface area contributed by atoms with Crippen molar-refractivity contribution in [1.82, 2.24) is 5.06 Å². The van der Waals surface area contributed by atoms with E-state index in [9.17, 15) is 14.4 Å². The van der Waals surface area contributed by atoms with Crippen molar-refractivity contribution in [1.29, 1.82) is 5.26 Å². The molecule has 0 unspecified atom stereocenters. The first-order valence-electron chi connectivity index (χ1n) is 5.96. The molecule has 0 radical (unpaired) electrons. The molecule has 0 spiro atoms. The number of nitrogens with zero attached hydrogens (tertiary/aromatic N) is 2. The van der Waals surface area contributed by atoms with Gasteiger partial charge in [-0.15, -0.1) is 0 Å². The van der Waals surface area contributed by atoms with Crippen LogP contribution in [-0.2, 0) is 30.5 Å². The van der Waals surface area contributed by atoms with Crippen molar-refractivity contribution in [3.05, 3.63) is 35.4 Å². The predicted octanol–water partition coefficient (Wildman–Crippen LogP) is 0.580. The number of benzene rings is 1. The first kappa shape index (κ1) is 16.3. The van der Waals surface area contributed by atoms with Gasteiger partial charge in [0.2, 0.25) is 5.78 Å². The van der Waals surface area contributed by atoms with E-state index in [-0.39, 0.29) is 6.54 Å². The van der Waals surface area contributed by atoms with Crippen molar-refractivity contribution in [3.63, 3.8) is 0 Å². The second-order valence-electron chi connectivity index (χ2n) is 4.01. The van der Waals surface area contributed by atoms with Gasteiger partial charge >= 0.3 is 5.97 Å². The van der Waals surface area contributed by atoms with Crippen LogP contribution in [0.4, 0.5) is 0 Å². The van der Waals surface area contributed by atoms with E-state index >= 15 is 0 Å². The van der Waals surface area contributed by atoms with E-state index in [4.69, 9.17) is 10.1 Å². The minimum atomic E-state index is -1.07. The highest BCUT2D eigenvalue weighted by atomic mass is 16.7. The molecule has 0 heterocycles. The summed E-state index contributed by atoms with van der Waals surface area (Å²) in [5.41, 5.74) is 1.21. The van der Waals surface area contributed by atoms with Gasteiger partial charge in [-0.3, -0.25) is 14.4 Å². The van der Waals surface area contributed by atoms with Crippen LogP contribution >= 0.6 is 0 Å². The molecule has 0 fully saturated rings. The van der Waals surface area contributed by atoms with Crippen molar-refractivity contribution < 1.29 is 24.0 Å². The lowest BCUT2D eigenvalue weighted by Crippen LogP contribution is -2.33. The molecule has 0 saturated heterocycles. The molecule has 0 bridgehead atoms. The highest BCUT2D eigenvalue weighted by molar-refractivity contribution is 6.36. The summed E-state index contributed by atoms with van der Waals surface area (Å²) in [6.07, 6.45) is -0.628. The molecule has 0 aliphatic carbocycles. The monoisotopic (exact) mass is 290 g/mol. The smallest absolute Gasteiger partial charge is 0.374 e. The molecule has 0 aromatic heterocycles. The maximum Gasteiger partial charge on any atom is 0.374 e. The molecule has 7 heteroatoms. The number of ether oxygens (including phenoxy) is 1. The fourth-order valence-electron chi connectivity index (χ4n) is 1.52. The van der Waals surface area contributed by atoms with Crippen LogP contribution in [-0.4, -0.2) is 36.9 Å². The van der Waals surface area contributed by atoms with Gasteiger partial charge in [-0.1, -0.05) is 12.1 Å². The normalized spacial score (nSPS) is 9.57. The van der Waals surface area contributed by atoms with Gasteiger partial charge in [0, 0.05) is 0 Å². The summed E-state index contributed by atoms with van der Waals surface area (Å²) >= 11 is 0. The van der Waals surface area contributed by atoms with Gasteiger partial charge in [0.25, 0.3) is 5.91 Å². The summed E-state index contributed by atoms with van der Waals surface area (Å²) in [6.45, 7) is 0.0928. The van der Waals surface area contributed by atoms with Gasteiger partial charge in [-0.25, -0.2) is 9.86 Å². The van der Waals surface area contributed by atoms with Crippen molar-refractivity contribution in [2.24, 2.45) is 0 Å². The molecule has 0 atom stereocenters. The van der Waals surface area contributed by atoms with Crippen molar-refractivity contribution in [2.45, 2.75) is 13.0 Å². The zero-order chi connectivity index (χ0) is 15.8. The first-order chi connectivity index (χ1) is 10.0. The van der Waals surface area contributed by atoms with Crippen LogP contribution in [0.3, 0.4) is 0 Å². The van der Waals surface area contributed by atoms with E-state index in [1.807, 2.05) is 6.07 Å². The van der Waals surface area contributed by atoms with E-state index in [1.54, 1.807) is 24.3 Å². The molecular formula is C14H14N2O5.